The van der Waals surface area contributed by atoms with Crippen molar-refractivity contribution in [3.8, 4) is 11.5 Å². The summed E-state index contributed by atoms with van der Waals surface area (Å²) < 4.78 is 11.2. The van der Waals surface area contributed by atoms with Gasteiger partial charge in [-0.1, -0.05) is 6.07 Å². The summed E-state index contributed by atoms with van der Waals surface area (Å²) in [4.78, 5) is 17.6. The molecule has 1 fully saturated rings. The van der Waals surface area contributed by atoms with Gasteiger partial charge in [0.2, 0.25) is 0 Å². The second-order valence-corrected chi connectivity index (χ2v) is 5.64. The molecule has 22 heavy (non-hydrogen) atoms. The first-order valence-corrected chi connectivity index (χ1v) is 7.67. The number of nitrogens with one attached hydrogen (secondary N) is 1. The number of aromatic amines is 1. The molecule has 3 heterocycles. The third-order valence-corrected chi connectivity index (χ3v) is 4.29. The molecule has 0 spiro atoms. The van der Waals surface area contributed by atoms with E-state index in [9.17, 15) is 4.79 Å². The van der Waals surface area contributed by atoms with Crippen LogP contribution in [0, 0.1) is 0 Å². The first-order valence-electron chi connectivity index (χ1n) is 7.67. The van der Waals surface area contributed by atoms with Crippen LogP contribution < -0.4 is 9.47 Å². The van der Waals surface area contributed by atoms with Crippen molar-refractivity contribution in [3.63, 3.8) is 0 Å². The normalized spacial score (nSPS) is 20.2. The maximum Gasteiger partial charge on any atom is 0.270 e. The summed E-state index contributed by atoms with van der Waals surface area (Å²) in [5.74, 6) is 1.63. The number of carbonyl (C=O) groups excluding carboxylic acids is 1. The van der Waals surface area contributed by atoms with Crippen molar-refractivity contribution in [2.75, 3.05) is 19.8 Å². The molecule has 1 saturated heterocycles. The van der Waals surface area contributed by atoms with E-state index in [2.05, 4.69) is 4.98 Å². The number of amides is 1. The third kappa shape index (κ3) is 2.22. The van der Waals surface area contributed by atoms with E-state index in [0.717, 1.165) is 36.4 Å². The van der Waals surface area contributed by atoms with Crippen molar-refractivity contribution >= 4 is 5.91 Å². The highest BCUT2D eigenvalue weighted by Gasteiger charge is 2.31. The Morgan fingerprint density at radius 3 is 2.86 bits per heavy atom. The highest BCUT2D eigenvalue weighted by Crippen LogP contribution is 2.38. The minimum absolute atomic E-state index is 0.0578. The average Bonchev–Trinajstić information content (AvgIpc) is 3.25. The average molecular weight is 298 g/mol. The summed E-state index contributed by atoms with van der Waals surface area (Å²) in [6, 6.07) is 9.77. The van der Waals surface area contributed by atoms with Crippen molar-refractivity contribution in [2.45, 2.75) is 18.9 Å². The molecule has 1 N–H and O–H groups in total. The molecule has 5 nitrogen and oxygen atoms in total. The summed E-state index contributed by atoms with van der Waals surface area (Å²) in [5, 5.41) is 0. The predicted molar refractivity (Wildman–Crippen MR) is 81.2 cm³/mol. The SMILES string of the molecule is O=C(c1ccc[nH]1)N1CCC[C@@H]1c1ccc2c(c1)OCCO2. The molecule has 0 radical (unpaired) electrons. The molecule has 2 aliphatic rings. The smallest absolute Gasteiger partial charge is 0.270 e. The maximum absolute atomic E-state index is 12.6. The largest absolute Gasteiger partial charge is 0.486 e. The topological polar surface area (TPSA) is 54.6 Å². The number of likely N-dealkylation sites (tertiary alicyclic amines) is 1. The zero-order valence-corrected chi connectivity index (χ0v) is 12.2. The molecular formula is C17H18N2O3. The van der Waals surface area contributed by atoms with E-state index in [1.54, 1.807) is 6.20 Å². The molecule has 2 aliphatic heterocycles. The van der Waals surface area contributed by atoms with Gasteiger partial charge < -0.3 is 19.4 Å². The Balaban J connectivity index is 1.62. The molecule has 1 amide bonds. The van der Waals surface area contributed by atoms with Crippen LogP contribution in [0.2, 0.25) is 0 Å². The van der Waals surface area contributed by atoms with E-state index in [0.29, 0.717) is 18.9 Å². The van der Waals surface area contributed by atoms with Crippen molar-refractivity contribution < 1.29 is 14.3 Å². The minimum atomic E-state index is 0.0578. The van der Waals surface area contributed by atoms with Crippen molar-refractivity contribution in [3.05, 3.63) is 47.8 Å². The number of H-pyrrole nitrogens is 1. The summed E-state index contributed by atoms with van der Waals surface area (Å²) in [7, 11) is 0. The quantitative estimate of drug-likeness (QED) is 0.927. The van der Waals surface area contributed by atoms with Crippen LogP contribution in [0.25, 0.3) is 0 Å². The molecule has 2 aromatic rings. The highest BCUT2D eigenvalue weighted by atomic mass is 16.6. The molecule has 4 rings (SSSR count). The number of ether oxygens (including phenoxy) is 2. The van der Waals surface area contributed by atoms with Crippen LogP contribution in [0.1, 0.15) is 34.9 Å². The van der Waals surface area contributed by atoms with Gasteiger partial charge in [-0.15, -0.1) is 0 Å². The first-order chi connectivity index (χ1) is 10.8. The summed E-state index contributed by atoms with van der Waals surface area (Å²) in [6.07, 6.45) is 3.78. The second kappa shape index (κ2) is 5.40. The number of hydrogen-bond donors (Lipinski definition) is 1. The monoisotopic (exact) mass is 298 g/mol. The molecule has 5 heteroatoms. The van der Waals surface area contributed by atoms with Gasteiger partial charge in [0.1, 0.15) is 18.9 Å². The fraction of sp³-hybridized carbons (Fsp3) is 0.353. The summed E-state index contributed by atoms with van der Waals surface area (Å²) >= 11 is 0. The molecule has 0 saturated carbocycles. The van der Waals surface area contributed by atoms with Crippen LogP contribution >= 0.6 is 0 Å². The van der Waals surface area contributed by atoms with Gasteiger partial charge in [-0.05, 0) is 42.7 Å². The lowest BCUT2D eigenvalue weighted by Crippen LogP contribution is -2.30. The number of nitrogens with zero attached hydrogens (tertiary/aromatic N) is 1. The number of fused-ring (bicyclic) bond motifs is 1. The van der Waals surface area contributed by atoms with Gasteiger partial charge in [-0.25, -0.2) is 0 Å². The van der Waals surface area contributed by atoms with Gasteiger partial charge >= 0.3 is 0 Å². The second-order valence-electron chi connectivity index (χ2n) is 5.64. The number of carbonyl (C=O) groups is 1. The lowest BCUT2D eigenvalue weighted by atomic mass is 10.0. The van der Waals surface area contributed by atoms with Gasteiger partial charge in [0.05, 0.1) is 6.04 Å². The summed E-state index contributed by atoms with van der Waals surface area (Å²) in [5.41, 5.74) is 1.76. The fourth-order valence-electron chi connectivity index (χ4n) is 3.24. The third-order valence-electron chi connectivity index (χ3n) is 4.29. The Morgan fingerprint density at radius 2 is 2.05 bits per heavy atom. The van der Waals surface area contributed by atoms with Gasteiger partial charge in [0.15, 0.2) is 11.5 Å². The Labute approximate surface area is 128 Å². The Hall–Kier alpha value is -2.43. The van der Waals surface area contributed by atoms with E-state index in [1.165, 1.54) is 0 Å². The lowest BCUT2D eigenvalue weighted by Gasteiger charge is -2.26. The Morgan fingerprint density at radius 1 is 1.18 bits per heavy atom. The van der Waals surface area contributed by atoms with E-state index >= 15 is 0 Å². The van der Waals surface area contributed by atoms with E-state index in [4.69, 9.17) is 9.47 Å². The lowest BCUT2D eigenvalue weighted by molar-refractivity contribution is 0.0730. The van der Waals surface area contributed by atoms with Gasteiger partial charge in [0.25, 0.3) is 5.91 Å². The van der Waals surface area contributed by atoms with Gasteiger partial charge in [0, 0.05) is 12.7 Å². The highest BCUT2D eigenvalue weighted by molar-refractivity contribution is 5.92. The van der Waals surface area contributed by atoms with Crippen molar-refractivity contribution in [1.29, 1.82) is 0 Å². The number of aromatic nitrogens is 1. The molecule has 0 aliphatic carbocycles. The predicted octanol–water partition coefficient (Wildman–Crippen LogP) is 2.76. The molecule has 1 aromatic heterocycles. The molecule has 114 valence electrons. The molecular weight excluding hydrogens is 280 g/mol. The zero-order valence-electron chi connectivity index (χ0n) is 12.2. The van der Waals surface area contributed by atoms with Crippen LogP contribution in [-0.4, -0.2) is 35.5 Å². The van der Waals surface area contributed by atoms with Crippen LogP contribution in [0.3, 0.4) is 0 Å². The van der Waals surface area contributed by atoms with Crippen molar-refractivity contribution in [1.82, 2.24) is 9.88 Å². The summed E-state index contributed by atoms with van der Waals surface area (Å²) in [6.45, 7) is 1.95. The Bertz CT molecular complexity index is 681. The zero-order chi connectivity index (χ0) is 14.9. The van der Waals surface area contributed by atoms with E-state index in [1.807, 2.05) is 35.2 Å². The number of benzene rings is 1. The standard InChI is InChI=1S/C17H18N2O3/c20-17(13-3-1-7-18-13)19-8-2-4-14(19)12-5-6-15-16(11-12)22-10-9-21-15/h1,3,5-7,11,14,18H,2,4,8-10H2/t14-/m1/s1. The maximum atomic E-state index is 12.6. The molecule has 1 aromatic carbocycles. The minimum Gasteiger partial charge on any atom is -0.486 e. The van der Waals surface area contributed by atoms with Gasteiger partial charge in [-0.3, -0.25) is 4.79 Å². The van der Waals surface area contributed by atoms with Crippen LogP contribution in [-0.2, 0) is 0 Å². The van der Waals surface area contributed by atoms with E-state index < -0.39 is 0 Å². The molecule has 0 unspecified atom stereocenters. The fourth-order valence-corrected chi connectivity index (χ4v) is 3.24. The van der Waals surface area contributed by atoms with Crippen molar-refractivity contribution in [2.24, 2.45) is 0 Å². The Kier molecular flexibility index (Phi) is 3.25. The van der Waals surface area contributed by atoms with Crippen LogP contribution in [0.15, 0.2) is 36.5 Å². The first kappa shape index (κ1) is 13.2. The van der Waals surface area contributed by atoms with Gasteiger partial charge in [-0.2, -0.15) is 0 Å². The number of rotatable bonds is 2. The van der Waals surface area contributed by atoms with E-state index in [-0.39, 0.29) is 11.9 Å². The molecule has 1 atom stereocenters. The van der Waals surface area contributed by atoms with Crippen LogP contribution in [0.5, 0.6) is 11.5 Å². The van der Waals surface area contributed by atoms with Crippen LogP contribution in [0.4, 0.5) is 0 Å². The molecule has 0 bridgehead atoms. The number of hydrogen-bond acceptors (Lipinski definition) is 3.